The lowest BCUT2D eigenvalue weighted by Crippen LogP contribution is -2.40. The molecule has 32 heavy (non-hydrogen) atoms. The number of hydrogen-bond donors (Lipinski definition) is 0. The van der Waals surface area contributed by atoms with Crippen molar-refractivity contribution in [3.05, 3.63) is 70.7 Å². The molecule has 0 N–H and O–H groups in total. The topological polar surface area (TPSA) is 59.2 Å². The third kappa shape index (κ3) is 4.69. The second-order valence-corrected chi connectivity index (χ2v) is 8.18. The molecule has 0 unspecified atom stereocenters. The fourth-order valence-electron chi connectivity index (χ4n) is 4.16. The van der Waals surface area contributed by atoms with Crippen LogP contribution in [0.1, 0.15) is 47.0 Å². The van der Waals surface area contributed by atoms with Crippen LogP contribution in [0.4, 0.5) is 13.2 Å². The van der Waals surface area contributed by atoms with Crippen LogP contribution in [0, 0.1) is 13.8 Å². The van der Waals surface area contributed by atoms with Gasteiger partial charge in [0.2, 0.25) is 5.91 Å². The van der Waals surface area contributed by atoms with Crippen LogP contribution in [-0.2, 0) is 17.4 Å². The molecule has 168 valence electrons. The van der Waals surface area contributed by atoms with E-state index in [0.717, 1.165) is 41.9 Å². The monoisotopic (exact) mass is 443 g/mol. The van der Waals surface area contributed by atoms with E-state index in [1.165, 1.54) is 6.07 Å². The highest BCUT2D eigenvalue weighted by atomic mass is 19.4. The van der Waals surface area contributed by atoms with Crippen molar-refractivity contribution in [3.63, 3.8) is 0 Å². The van der Waals surface area contributed by atoms with Gasteiger partial charge in [0, 0.05) is 35.8 Å². The molecule has 3 heterocycles. The first kappa shape index (κ1) is 22.0. The van der Waals surface area contributed by atoms with Gasteiger partial charge in [-0.1, -0.05) is 23.4 Å². The number of halogens is 3. The molecule has 8 heteroatoms. The Bertz CT molecular complexity index is 1100. The molecule has 0 saturated carbocycles. The van der Waals surface area contributed by atoms with Gasteiger partial charge in [-0.15, -0.1) is 0 Å². The van der Waals surface area contributed by atoms with E-state index in [4.69, 9.17) is 4.52 Å². The Labute approximate surface area is 184 Å². The molecule has 5 nitrogen and oxygen atoms in total. The highest BCUT2D eigenvalue weighted by molar-refractivity contribution is 5.79. The summed E-state index contributed by atoms with van der Waals surface area (Å²) in [6.45, 7) is 4.82. The number of rotatable bonds is 4. The van der Waals surface area contributed by atoms with Crippen molar-refractivity contribution >= 4 is 5.91 Å². The van der Waals surface area contributed by atoms with Gasteiger partial charge in [-0.05, 0) is 51.0 Å². The van der Waals surface area contributed by atoms with Crippen molar-refractivity contribution in [1.82, 2.24) is 15.0 Å². The van der Waals surface area contributed by atoms with E-state index >= 15 is 0 Å². The lowest BCUT2D eigenvalue weighted by atomic mass is 9.93. The van der Waals surface area contributed by atoms with Gasteiger partial charge < -0.3 is 9.42 Å². The average molecular weight is 443 g/mol. The number of amides is 1. The number of aromatic nitrogens is 2. The first-order chi connectivity index (χ1) is 15.2. The van der Waals surface area contributed by atoms with Crippen LogP contribution in [0.25, 0.3) is 11.3 Å². The third-order valence-electron chi connectivity index (χ3n) is 5.96. The summed E-state index contributed by atoms with van der Waals surface area (Å²) in [6, 6.07) is 10.6. The van der Waals surface area contributed by atoms with Crippen molar-refractivity contribution in [1.29, 1.82) is 0 Å². The predicted octanol–water partition coefficient (Wildman–Crippen LogP) is 5.32. The summed E-state index contributed by atoms with van der Waals surface area (Å²) in [5, 5.41) is 3.91. The van der Waals surface area contributed by atoms with Gasteiger partial charge in [-0.3, -0.25) is 9.78 Å². The summed E-state index contributed by atoms with van der Waals surface area (Å²) in [6.07, 6.45) is -2.45. The molecule has 1 fully saturated rings. The largest absolute Gasteiger partial charge is 0.416 e. The van der Waals surface area contributed by atoms with Crippen molar-refractivity contribution in [2.24, 2.45) is 0 Å². The zero-order valence-electron chi connectivity index (χ0n) is 17.9. The lowest BCUT2D eigenvalue weighted by molar-refractivity contribution is -0.137. The van der Waals surface area contributed by atoms with Gasteiger partial charge in [0.25, 0.3) is 0 Å². The van der Waals surface area contributed by atoms with Gasteiger partial charge in [-0.2, -0.15) is 13.2 Å². The molecule has 0 aliphatic carbocycles. The van der Waals surface area contributed by atoms with Gasteiger partial charge in [0.15, 0.2) is 0 Å². The molecule has 0 bridgehead atoms. The molecule has 3 aromatic rings. The van der Waals surface area contributed by atoms with Crippen molar-refractivity contribution in [3.8, 4) is 11.3 Å². The van der Waals surface area contributed by atoms with Crippen LogP contribution in [-0.4, -0.2) is 34.0 Å². The number of aryl methyl sites for hydroxylation is 2. The summed E-state index contributed by atoms with van der Waals surface area (Å²) in [4.78, 5) is 19.4. The predicted molar refractivity (Wildman–Crippen MR) is 113 cm³/mol. The number of nitrogens with zero attached hydrogens (tertiary/aromatic N) is 3. The molecule has 1 atom stereocenters. The SMILES string of the molecule is Cc1noc(C)c1CC(=O)N1CCC[C@@H](c2cccc(-c3cccc(C(F)(F)F)c3)n2)C1. The number of carbonyl (C=O) groups excluding carboxylic acids is 1. The molecular weight excluding hydrogens is 419 g/mol. The Kier molecular flexibility index (Phi) is 6.04. The number of alkyl halides is 3. The maximum absolute atomic E-state index is 13.1. The standard InChI is InChI=1S/C24H24F3N3O2/c1-15-20(16(2)32-29-15)13-23(31)30-11-5-7-18(14-30)22-10-4-9-21(28-22)17-6-3-8-19(12-17)24(25,26)27/h3-4,6,8-10,12,18H,5,7,11,13-14H2,1-2H3/t18-/m1/s1. The molecular formula is C24H24F3N3O2. The van der Waals surface area contributed by atoms with Gasteiger partial charge >= 0.3 is 6.18 Å². The number of piperidine rings is 1. The van der Waals surface area contributed by atoms with Crippen LogP contribution in [0.2, 0.25) is 0 Å². The first-order valence-electron chi connectivity index (χ1n) is 10.6. The molecule has 1 aromatic carbocycles. The minimum atomic E-state index is -4.40. The van der Waals surface area contributed by atoms with E-state index in [2.05, 4.69) is 10.1 Å². The Morgan fingerprint density at radius 3 is 2.69 bits per heavy atom. The highest BCUT2D eigenvalue weighted by Crippen LogP contribution is 2.33. The summed E-state index contributed by atoms with van der Waals surface area (Å²) in [5.74, 6) is 0.695. The van der Waals surface area contributed by atoms with Crippen molar-refractivity contribution in [2.45, 2.75) is 45.2 Å². The van der Waals surface area contributed by atoms with Crippen LogP contribution in [0.3, 0.4) is 0 Å². The minimum absolute atomic E-state index is 0.0122. The Balaban J connectivity index is 1.51. The number of pyridine rings is 1. The molecule has 0 radical (unpaired) electrons. The van der Waals surface area contributed by atoms with Gasteiger partial charge in [0.1, 0.15) is 5.76 Å². The van der Waals surface area contributed by atoms with Gasteiger partial charge in [-0.25, -0.2) is 0 Å². The van der Waals surface area contributed by atoms with Crippen molar-refractivity contribution in [2.75, 3.05) is 13.1 Å². The fraction of sp³-hybridized carbons (Fsp3) is 0.375. The lowest BCUT2D eigenvalue weighted by Gasteiger charge is -2.32. The molecule has 0 spiro atoms. The quantitative estimate of drug-likeness (QED) is 0.548. The average Bonchev–Trinajstić information content (AvgIpc) is 3.11. The molecule has 1 aliphatic heterocycles. The van der Waals surface area contributed by atoms with Crippen LogP contribution >= 0.6 is 0 Å². The maximum atomic E-state index is 13.1. The van der Waals surface area contributed by atoms with E-state index in [1.54, 1.807) is 19.1 Å². The van der Waals surface area contributed by atoms with Crippen LogP contribution in [0.15, 0.2) is 47.0 Å². The zero-order valence-corrected chi connectivity index (χ0v) is 17.9. The first-order valence-corrected chi connectivity index (χ1v) is 10.6. The number of benzene rings is 1. The fourth-order valence-corrected chi connectivity index (χ4v) is 4.16. The Morgan fingerprint density at radius 2 is 1.97 bits per heavy atom. The highest BCUT2D eigenvalue weighted by Gasteiger charge is 2.31. The van der Waals surface area contributed by atoms with E-state index < -0.39 is 11.7 Å². The van der Waals surface area contributed by atoms with E-state index in [9.17, 15) is 18.0 Å². The molecule has 1 aliphatic rings. The van der Waals surface area contributed by atoms with E-state index in [0.29, 0.717) is 30.1 Å². The Morgan fingerprint density at radius 1 is 1.19 bits per heavy atom. The summed E-state index contributed by atoms with van der Waals surface area (Å²) in [7, 11) is 0. The summed E-state index contributed by atoms with van der Waals surface area (Å²) in [5.41, 5.74) is 2.55. The number of hydrogen-bond acceptors (Lipinski definition) is 4. The molecule has 1 amide bonds. The van der Waals surface area contributed by atoms with E-state index in [1.807, 2.05) is 24.0 Å². The molecule has 1 saturated heterocycles. The Hall–Kier alpha value is -3.16. The van der Waals surface area contributed by atoms with Crippen LogP contribution in [0.5, 0.6) is 0 Å². The molecule has 4 rings (SSSR count). The van der Waals surface area contributed by atoms with Crippen LogP contribution < -0.4 is 0 Å². The van der Waals surface area contributed by atoms with Gasteiger partial charge in [0.05, 0.1) is 23.4 Å². The second-order valence-electron chi connectivity index (χ2n) is 8.18. The maximum Gasteiger partial charge on any atom is 0.416 e. The zero-order chi connectivity index (χ0) is 22.9. The number of likely N-dealkylation sites (tertiary alicyclic amines) is 1. The summed E-state index contributed by atoms with van der Waals surface area (Å²) >= 11 is 0. The smallest absolute Gasteiger partial charge is 0.361 e. The second kappa shape index (κ2) is 8.76. The van der Waals surface area contributed by atoms with E-state index in [-0.39, 0.29) is 18.2 Å². The third-order valence-corrected chi connectivity index (χ3v) is 5.96. The number of carbonyl (C=O) groups is 1. The normalized spacial score (nSPS) is 16.9. The minimum Gasteiger partial charge on any atom is -0.361 e. The molecule has 2 aromatic heterocycles. The summed E-state index contributed by atoms with van der Waals surface area (Å²) < 4.78 is 44.4. The van der Waals surface area contributed by atoms with Crippen molar-refractivity contribution < 1.29 is 22.5 Å².